The molecule has 2 rings (SSSR count). The molecule has 2 unspecified atom stereocenters. The first kappa shape index (κ1) is 14.8. The SMILES string of the molecule is CSc1ccccc1NC1CCCC(CC(C)C)C1. The van der Waals surface area contributed by atoms with Gasteiger partial charge in [-0.3, -0.25) is 0 Å². The second-order valence-corrected chi connectivity index (χ2v) is 7.05. The Morgan fingerprint density at radius 2 is 2.05 bits per heavy atom. The molecule has 0 bridgehead atoms. The second kappa shape index (κ2) is 7.23. The third-order valence-electron chi connectivity index (χ3n) is 4.05. The lowest BCUT2D eigenvalue weighted by Crippen LogP contribution is -2.28. The van der Waals surface area contributed by atoms with Crippen molar-refractivity contribution in [1.29, 1.82) is 0 Å². The zero-order chi connectivity index (χ0) is 13.7. The van der Waals surface area contributed by atoms with Gasteiger partial charge in [-0.2, -0.15) is 0 Å². The highest BCUT2D eigenvalue weighted by atomic mass is 32.2. The molecule has 1 nitrogen and oxygen atoms in total. The first-order chi connectivity index (χ1) is 9.19. The molecular weight excluding hydrogens is 250 g/mol. The van der Waals surface area contributed by atoms with Crippen LogP contribution in [0.2, 0.25) is 0 Å². The predicted molar refractivity (Wildman–Crippen MR) is 87.0 cm³/mol. The van der Waals surface area contributed by atoms with Crippen molar-refractivity contribution in [1.82, 2.24) is 0 Å². The van der Waals surface area contributed by atoms with Crippen LogP contribution >= 0.6 is 11.8 Å². The monoisotopic (exact) mass is 277 g/mol. The fourth-order valence-electron chi connectivity index (χ4n) is 3.29. The number of nitrogens with one attached hydrogen (secondary N) is 1. The Balaban J connectivity index is 1.95. The van der Waals surface area contributed by atoms with Crippen molar-refractivity contribution < 1.29 is 0 Å². The second-order valence-electron chi connectivity index (χ2n) is 6.20. The van der Waals surface area contributed by atoms with Gasteiger partial charge in [0.2, 0.25) is 0 Å². The maximum Gasteiger partial charge on any atom is 0.0480 e. The zero-order valence-corrected chi connectivity index (χ0v) is 13.3. The predicted octanol–water partition coefficient (Wildman–Crippen LogP) is 5.43. The molecule has 0 saturated heterocycles. The smallest absolute Gasteiger partial charge is 0.0480 e. The molecule has 0 radical (unpaired) electrons. The van der Waals surface area contributed by atoms with Crippen LogP contribution in [-0.4, -0.2) is 12.3 Å². The molecule has 2 atom stereocenters. The molecule has 1 aromatic carbocycles. The maximum atomic E-state index is 3.78. The number of hydrogen-bond donors (Lipinski definition) is 1. The van der Waals surface area contributed by atoms with E-state index in [1.807, 2.05) is 11.8 Å². The van der Waals surface area contributed by atoms with Crippen LogP contribution in [0.4, 0.5) is 5.69 Å². The standard InChI is InChI=1S/C17H27NS/c1-13(2)11-14-7-6-8-15(12-14)18-16-9-4-5-10-17(16)19-3/h4-5,9-10,13-15,18H,6-8,11-12H2,1-3H3. The molecule has 1 N–H and O–H groups in total. The van der Waals surface area contributed by atoms with Crippen LogP contribution in [0.5, 0.6) is 0 Å². The summed E-state index contributed by atoms with van der Waals surface area (Å²) in [6.07, 6.45) is 9.04. The highest BCUT2D eigenvalue weighted by Gasteiger charge is 2.22. The summed E-state index contributed by atoms with van der Waals surface area (Å²) >= 11 is 1.83. The van der Waals surface area contributed by atoms with E-state index in [1.54, 1.807) is 0 Å². The number of anilines is 1. The Hall–Kier alpha value is -0.630. The van der Waals surface area contributed by atoms with Crippen molar-refractivity contribution in [2.24, 2.45) is 11.8 Å². The molecule has 0 aliphatic heterocycles. The summed E-state index contributed by atoms with van der Waals surface area (Å²) in [5.41, 5.74) is 1.32. The third kappa shape index (κ3) is 4.45. The van der Waals surface area contributed by atoms with Gasteiger partial charge in [-0.15, -0.1) is 11.8 Å². The van der Waals surface area contributed by atoms with E-state index in [0.29, 0.717) is 6.04 Å². The summed E-state index contributed by atoms with van der Waals surface area (Å²) in [5.74, 6) is 1.76. The van der Waals surface area contributed by atoms with E-state index in [-0.39, 0.29) is 0 Å². The molecule has 1 fully saturated rings. The molecule has 1 aliphatic rings. The van der Waals surface area contributed by atoms with Gasteiger partial charge >= 0.3 is 0 Å². The summed E-state index contributed by atoms with van der Waals surface area (Å²) in [6, 6.07) is 9.36. The van der Waals surface area contributed by atoms with Gasteiger partial charge in [0.15, 0.2) is 0 Å². The lowest BCUT2D eigenvalue weighted by atomic mass is 9.81. The fourth-order valence-corrected chi connectivity index (χ4v) is 3.85. The highest BCUT2D eigenvalue weighted by molar-refractivity contribution is 7.98. The molecule has 2 heteroatoms. The lowest BCUT2D eigenvalue weighted by Gasteiger charge is -2.31. The van der Waals surface area contributed by atoms with Crippen molar-refractivity contribution >= 4 is 17.4 Å². The topological polar surface area (TPSA) is 12.0 Å². The Morgan fingerprint density at radius 3 is 2.79 bits per heavy atom. The van der Waals surface area contributed by atoms with Crippen LogP contribution in [0, 0.1) is 11.8 Å². The summed E-state index contributed by atoms with van der Waals surface area (Å²) in [7, 11) is 0. The Kier molecular flexibility index (Phi) is 5.62. The summed E-state index contributed by atoms with van der Waals surface area (Å²) in [5, 5.41) is 3.78. The molecule has 0 spiro atoms. The van der Waals surface area contributed by atoms with E-state index in [4.69, 9.17) is 0 Å². The molecule has 1 aromatic rings. The molecule has 0 heterocycles. The van der Waals surface area contributed by atoms with Gasteiger partial charge in [-0.25, -0.2) is 0 Å². The maximum absolute atomic E-state index is 3.78. The number of rotatable bonds is 5. The van der Waals surface area contributed by atoms with E-state index in [2.05, 4.69) is 49.7 Å². The molecule has 106 valence electrons. The molecule has 0 aromatic heterocycles. The first-order valence-corrected chi connectivity index (χ1v) is 8.81. The van der Waals surface area contributed by atoms with Gasteiger partial charge in [0.25, 0.3) is 0 Å². The first-order valence-electron chi connectivity index (χ1n) is 7.58. The zero-order valence-electron chi connectivity index (χ0n) is 12.5. The van der Waals surface area contributed by atoms with Crippen LogP contribution in [0.3, 0.4) is 0 Å². The van der Waals surface area contributed by atoms with E-state index in [9.17, 15) is 0 Å². The minimum absolute atomic E-state index is 0.672. The van der Waals surface area contributed by atoms with E-state index in [1.165, 1.54) is 42.7 Å². The number of hydrogen-bond acceptors (Lipinski definition) is 2. The van der Waals surface area contributed by atoms with E-state index < -0.39 is 0 Å². The molecule has 19 heavy (non-hydrogen) atoms. The highest BCUT2D eigenvalue weighted by Crippen LogP contribution is 2.33. The average Bonchev–Trinajstić information content (AvgIpc) is 2.39. The normalized spacial score (nSPS) is 23.6. The minimum atomic E-state index is 0.672. The quantitative estimate of drug-likeness (QED) is 0.721. The number of thioether (sulfide) groups is 1. The summed E-state index contributed by atoms with van der Waals surface area (Å²) < 4.78 is 0. The van der Waals surface area contributed by atoms with Crippen molar-refractivity contribution in [3.63, 3.8) is 0 Å². The molecule has 0 amide bonds. The average molecular weight is 277 g/mol. The van der Waals surface area contributed by atoms with Crippen LogP contribution in [0.1, 0.15) is 46.0 Å². The number of para-hydroxylation sites is 1. The van der Waals surface area contributed by atoms with Crippen LogP contribution in [0.25, 0.3) is 0 Å². The van der Waals surface area contributed by atoms with Gasteiger partial charge < -0.3 is 5.32 Å². The van der Waals surface area contributed by atoms with E-state index >= 15 is 0 Å². The fraction of sp³-hybridized carbons (Fsp3) is 0.647. The summed E-state index contributed by atoms with van der Waals surface area (Å²) in [6.45, 7) is 4.69. The van der Waals surface area contributed by atoms with Crippen molar-refractivity contribution in [2.45, 2.75) is 56.9 Å². The van der Waals surface area contributed by atoms with Gasteiger partial charge in [0.1, 0.15) is 0 Å². The van der Waals surface area contributed by atoms with E-state index in [0.717, 1.165) is 11.8 Å². The molecular formula is C17H27NS. The lowest BCUT2D eigenvalue weighted by molar-refractivity contribution is 0.289. The van der Waals surface area contributed by atoms with Gasteiger partial charge in [0, 0.05) is 16.6 Å². The largest absolute Gasteiger partial charge is 0.381 e. The summed E-state index contributed by atoms with van der Waals surface area (Å²) in [4.78, 5) is 1.37. The Labute approximate surface area is 122 Å². The van der Waals surface area contributed by atoms with Gasteiger partial charge in [0.05, 0.1) is 0 Å². The van der Waals surface area contributed by atoms with Crippen LogP contribution in [0.15, 0.2) is 29.2 Å². The Morgan fingerprint density at radius 1 is 1.26 bits per heavy atom. The third-order valence-corrected chi connectivity index (χ3v) is 4.85. The Bertz CT molecular complexity index is 389. The molecule has 1 aliphatic carbocycles. The number of benzene rings is 1. The van der Waals surface area contributed by atoms with Crippen molar-refractivity contribution in [3.8, 4) is 0 Å². The van der Waals surface area contributed by atoms with Crippen molar-refractivity contribution in [2.75, 3.05) is 11.6 Å². The van der Waals surface area contributed by atoms with Gasteiger partial charge in [-0.05, 0) is 49.5 Å². The van der Waals surface area contributed by atoms with Gasteiger partial charge in [-0.1, -0.05) is 38.8 Å². The van der Waals surface area contributed by atoms with Crippen LogP contribution in [-0.2, 0) is 0 Å². The minimum Gasteiger partial charge on any atom is -0.381 e. The van der Waals surface area contributed by atoms with Crippen LogP contribution < -0.4 is 5.32 Å². The van der Waals surface area contributed by atoms with Crippen molar-refractivity contribution in [3.05, 3.63) is 24.3 Å². The molecule has 1 saturated carbocycles.